The molecule has 0 aromatic rings. The quantitative estimate of drug-likeness (QED) is 0.666. The minimum Gasteiger partial charge on any atom is -0.389 e. The van der Waals surface area contributed by atoms with Crippen LogP contribution in [0.2, 0.25) is 0 Å². The van der Waals surface area contributed by atoms with Gasteiger partial charge in [-0.2, -0.15) is 43.9 Å². The molecule has 1 unspecified atom stereocenters. The van der Waals surface area contributed by atoms with Crippen molar-refractivity contribution < 1.29 is 53.4 Å². The second-order valence-corrected chi connectivity index (χ2v) is 6.43. The van der Waals surface area contributed by atoms with Crippen molar-refractivity contribution in [1.29, 1.82) is 0 Å². The van der Waals surface area contributed by atoms with E-state index >= 15 is 0 Å². The van der Waals surface area contributed by atoms with Crippen LogP contribution in [0.5, 0.6) is 0 Å². The molecule has 2 rings (SSSR count). The summed E-state index contributed by atoms with van der Waals surface area (Å²) in [5.41, 5.74) is -6.28. The highest BCUT2D eigenvalue weighted by Crippen LogP contribution is 2.70. The fraction of sp³-hybridized carbons (Fsp3) is 1.00. The molecule has 0 spiro atoms. The van der Waals surface area contributed by atoms with Crippen LogP contribution in [0.3, 0.4) is 0 Å². The summed E-state index contributed by atoms with van der Waals surface area (Å²) in [6.45, 7) is 0. The van der Waals surface area contributed by atoms with Crippen LogP contribution < -0.4 is 0 Å². The lowest BCUT2D eigenvalue weighted by atomic mass is 9.65. The Morgan fingerprint density at radius 2 is 0.880 bits per heavy atom. The van der Waals surface area contributed by atoms with Gasteiger partial charge in [0.25, 0.3) is 5.67 Å². The van der Waals surface area contributed by atoms with Crippen molar-refractivity contribution in [1.82, 2.24) is 0 Å². The van der Waals surface area contributed by atoms with Gasteiger partial charge in [-0.3, -0.25) is 0 Å². The Labute approximate surface area is 134 Å². The second-order valence-electron chi connectivity index (χ2n) is 6.43. The Morgan fingerprint density at radius 1 is 0.560 bits per heavy atom. The molecule has 0 saturated heterocycles. The van der Waals surface area contributed by atoms with Crippen molar-refractivity contribution in [3.63, 3.8) is 0 Å². The number of hydrogen-bond acceptors (Lipinski definition) is 1. The van der Waals surface area contributed by atoms with Gasteiger partial charge < -0.3 is 5.11 Å². The minimum absolute atomic E-state index is 0.109. The number of rotatable bonds is 2. The standard InChI is InChI=1S/C13H13F11O/c14-8(7(25)6-4-2-1-3-5-6)9(15,16)11(19,20)13(23,24)12(21,22)10(8,17)18/h6-7,25H,1-5H2. The molecule has 0 bridgehead atoms. The average molecular weight is 394 g/mol. The van der Waals surface area contributed by atoms with Gasteiger partial charge in [0.2, 0.25) is 0 Å². The van der Waals surface area contributed by atoms with E-state index in [4.69, 9.17) is 0 Å². The molecule has 0 aliphatic heterocycles. The number of alkyl halides is 11. The third-order valence-corrected chi connectivity index (χ3v) is 5.00. The largest absolute Gasteiger partial charge is 0.389 e. The molecule has 2 aliphatic rings. The summed E-state index contributed by atoms with van der Waals surface area (Å²) in [7, 11) is 0. The zero-order valence-electron chi connectivity index (χ0n) is 12.3. The molecule has 2 aliphatic carbocycles. The Kier molecular flexibility index (Phi) is 4.39. The summed E-state index contributed by atoms with van der Waals surface area (Å²) in [6.07, 6.45) is -3.81. The van der Waals surface area contributed by atoms with Gasteiger partial charge >= 0.3 is 29.6 Å². The molecule has 1 nitrogen and oxygen atoms in total. The van der Waals surface area contributed by atoms with Crippen molar-refractivity contribution in [2.24, 2.45) is 5.92 Å². The van der Waals surface area contributed by atoms with Crippen molar-refractivity contribution >= 4 is 0 Å². The maximum Gasteiger partial charge on any atom is 0.384 e. The molecule has 0 aromatic carbocycles. The Bertz CT molecular complexity index is 494. The summed E-state index contributed by atoms with van der Waals surface area (Å²) >= 11 is 0. The van der Waals surface area contributed by atoms with Crippen LogP contribution in [0.15, 0.2) is 0 Å². The Balaban J connectivity index is 2.68. The summed E-state index contributed by atoms with van der Waals surface area (Å²) in [4.78, 5) is 0. The first-order valence-electron chi connectivity index (χ1n) is 7.28. The van der Waals surface area contributed by atoms with Crippen LogP contribution >= 0.6 is 0 Å². The Hall–Kier alpha value is -0.810. The van der Waals surface area contributed by atoms with E-state index in [0.717, 1.165) is 0 Å². The first-order valence-corrected chi connectivity index (χ1v) is 7.28. The van der Waals surface area contributed by atoms with Gasteiger partial charge in [0.1, 0.15) is 6.10 Å². The fourth-order valence-corrected chi connectivity index (χ4v) is 3.39. The Morgan fingerprint density at radius 3 is 1.24 bits per heavy atom. The number of aliphatic hydroxyl groups excluding tert-OH is 1. The number of aliphatic hydroxyl groups is 1. The molecule has 0 heterocycles. The summed E-state index contributed by atoms with van der Waals surface area (Å²) in [5.74, 6) is -37.2. The van der Waals surface area contributed by atoms with Crippen LogP contribution in [0.4, 0.5) is 48.3 Å². The zero-order chi connectivity index (χ0) is 19.7. The molecule has 148 valence electrons. The van der Waals surface area contributed by atoms with Gasteiger partial charge in [0.05, 0.1) is 0 Å². The van der Waals surface area contributed by atoms with Gasteiger partial charge in [-0.1, -0.05) is 19.3 Å². The van der Waals surface area contributed by atoms with Crippen molar-refractivity contribution in [3.05, 3.63) is 0 Å². The number of halogens is 11. The monoisotopic (exact) mass is 394 g/mol. The maximum absolute atomic E-state index is 14.6. The average Bonchev–Trinajstić information content (AvgIpc) is 2.52. The summed E-state index contributed by atoms with van der Waals surface area (Å²) in [6, 6.07) is 0. The third-order valence-electron chi connectivity index (χ3n) is 5.00. The smallest absolute Gasteiger partial charge is 0.384 e. The first kappa shape index (κ1) is 20.5. The normalized spacial score (nSPS) is 33.6. The van der Waals surface area contributed by atoms with E-state index in [0.29, 0.717) is 6.42 Å². The minimum atomic E-state index is -7.24. The third kappa shape index (κ3) is 2.05. The first-order chi connectivity index (χ1) is 11.0. The molecule has 0 aromatic heterocycles. The van der Waals surface area contributed by atoms with Crippen molar-refractivity contribution in [2.45, 2.75) is 73.5 Å². The molecule has 12 heteroatoms. The maximum atomic E-state index is 14.6. The molecular weight excluding hydrogens is 381 g/mol. The van der Waals surface area contributed by atoms with Gasteiger partial charge in [-0.25, -0.2) is 4.39 Å². The van der Waals surface area contributed by atoms with Crippen LogP contribution in [-0.4, -0.2) is 46.5 Å². The van der Waals surface area contributed by atoms with Crippen LogP contribution in [-0.2, 0) is 0 Å². The van der Waals surface area contributed by atoms with Gasteiger partial charge in [0, 0.05) is 0 Å². The highest BCUT2D eigenvalue weighted by atomic mass is 19.4. The zero-order valence-corrected chi connectivity index (χ0v) is 12.3. The van der Waals surface area contributed by atoms with E-state index in [1.807, 2.05) is 0 Å². The molecule has 2 saturated carbocycles. The fourth-order valence-electron chi connectivity index (χ4n) is 3.39. The van der Waals surface area contributed by atoms with Crippen molar-refractivity contribution in [3.8, 4) is 0 Å². The molecule has 1 N–H and O–H groups in total. The van der Waals surface area contributed by atoms with Crippen LogP contribution in [0.1, 0.15) is 32.1 Å². The molecule has 2 fully saturated rings. The van der Waals surface area contributed by atoms with E-state index in [2.05, 4.69) is 0 Å². The van der Waals surface area contributed by atoms with Gasteiger partial charge in [0.15, 0.2) is 0 Å². The second kappa shape index (κ2) is 5.35. The molecule has 1 atom stereocenters. The predicted octanol–water partition coefficient (Wildman–Crippen LogP) is 4.83. The van der Waals surface area contributed by atoms with E-state index in [1.165, 1.54) is 0 Å². The lowest BCUT2D eigenvalue weighted by Crippen LogP contribution is -2.86. The topological polar surface area (TPSA) is 20.2 Å². The van der Waals surface area contributed by atoms with E-state index in [9.17, 15) is 53.4 Å². The predicted molar refractivity (Wildman–Crippen MR) is 61.2 cm³/mol. The lowest BCUT2D eigenvalue weighted by Gasteiger charge is -2.54. The summed E-state index contributed by atoms with van der Waals surface area (Å²) in [5, 5.41) is 9.62. The van der Waals surface area contributed by atoms with E-state index in [1.54, 1.807) is 0 Å². The highest BCUT2D eigenvalue weighted by Gasteiger charge is 3.02. The summed E-state index contributed by atoms with van der Waals surface area (Å²) < 4.78 is 149. The van der Waals surface area contributed by atoms with Gasteiger partial charge in [-0.05, 0) is 18.8 Å². The van der Waals surface area contributed by atoms with Crippen LogP contribution in [0.25, 0.3) is 0 Å². The van der Waals surface area contributed by atoms with E-state index in [-0.39, 0.29) is 25.7 Å². The molecular formula is C13H13F11O. The number of hydrogen-bond donors (Lipinski definition) is 1. The van der Waals surface area contributed by atoms with Crippen LogP contribution in [0, 0.1) is 5.92 Å². The van der Waals surface area contributed by atoms with Crippen molar-refractivity contribution in [2.75, 3.05) is 0 Å². The molecule has 25 heavy (non-hydrogen) atoms. The lowest BCUT2D eigenvalue weighted by molar-refractivity contribution is -0.495. The SMILES string of the molecule is OC(C1CCCCC1)C1(F)C(F)(F)C(F)(F)C(F)(F)C(F)(F)C1(F)F. The molecule has 0 radical (unpaired) electrons. The van der Waals surface area contributed by atoms with Gasteiger partial charge in [-0.15, -0.1) is 0 Å². The molecule has 0 amide bonds. The van der Waals surface area contributed by atoms with E-state index < -0.39 is 47.3 Å². The highest BCUT2D eigenvalue weighted by molar-refractivity contribution is 5.28.